The summed E-state index contributed by atoms with van der Waals surface area (Å²) >= 11 is 0. The Kier molecular flexibility index (Phi) is 1.85. The lowest BCUT2D eigenvalue weighted by Crippen LogP contribution is -2.48. The molecule has 3 rings (SSSR count). The summed E-state index contributed by atoms with van der Waals surface area (Å²) in [6, 6.07) is 0.880. The third kappa shape index (κ3) is 0.993. The second-order valence-electron chi connectivity index (χ2n) is 5.05. The van der Waals surface area contributed by atoms with E-state index in [-0.39, 0.29) is 0 Å². The van der Waals surface area contributed by atoms with Crippen molar-refractivity contribution < 1.29 is 0 Å². The van der Waals surface area contributed by atoms with Gasteiger partial charge in [-0.1, -0.05) is 18.2 Å². The Labute approximate surface area is 86.5 Å². The predicted octanol–water partition coefficient (Wildman–Crippen LogP) is 2.89. The molecule has 14 heavy (non-hydrogen) atoms. The molecule has 2 saturated heterocycles. The number of piperidine rings is 1. The van der Waals surface area contributed by atoms with E-state index in [1.165, 1.54) is 38.5 Å². The average Bonchev–Trinajstić information content (AvgIpc) is 2.75. The van der Waals surface area contributed by atoms with E-state index in [9.17, 15) is 0 Å². The number of likely N-dealkylation sites (N-methyl/N-ethyl adjacent to an activating group) is 1. The Morgan fingerprint density at radius 2 is 2.29 bits per heavy atom. The molecule has 0 N–H and O–H groups in total. The van der Waals surface area contributed by atoms with Crippen molar-refractivity contribution >= 4 is 0 Å². The highest BCUT2D eigenvalue weighted by molar-refractivity contribution is 5.34. The standard InChI is InChI=1S/C13H19N/c1-14-12-7-4-9-13(14,10-8-12)11-5-2-3-6-11/h2-3,5,12H,4,6-10H2,1H3/t12-,13+/m1/s1. The van der Waals surface area contributed by atoms with Gasteiger partial charge in [0.1, 0.15) is 0 Å². The van der Waals surface area contributed by atoms with E-state index >= 15 is 0 Å². The number of hydrogen-bond acceptors (Lipinski definition) is 1. The van der Waals surface area contributed by atoms with Crippen LogP contribution in [-0.4, -0.2) is 23.5 Å². The monoisotopic (exact) mass is 189 g/mol. The summed E-state index contributed by atoms with van der Waals surface area (Å²) in [4.78, 5) is 2.68. The molecule has 0 spiro atoms. The fourth-order valence-electron chi connectivity index (χ4n) is 3.73. The highest BCUT2D eigenvalue weighted by atomic mass is 15.2. The van der Waals surface area contributed by atoms with Crippen molar-refractivity contribution in [3.8, 4) is 0 Å². The zero-order valence-corrected chi connectivity index (χ0v) is 9.00. The van der Waals surface area contributed by atoms with Crippen molar-refractivity contribution in [3.05, 3.63) is 23.8 Å². The maximum Gasteiger partial charge on any atom is 0.0427 e. The minimum absolute atomic E-state index is 0.465. The molecule has 3 aliphatic rings. The summed E-state index contributed by atoms with van der Waals surface area (Å²) in [5.74, 6) is 0. The molecule has 0 aromatic heterocycles. The van der Waals surface area contributed by atoms with Gasteiger partial charge in [-0.2, -0.15) is 0 Å². The summed E-state index contributed by atoms with van der Waals surface area (Å²) in [6.45, 7) is 0. The number of rotatable bonds is 1. The smallest absolute Gasteiger partial charge is 0.0427 e. The van der Waals surface area contributed by atoms with Gasteiger partial charge in [-0.25, -0.2) is 0 Å². The molecule has 2 bridgehead atoms. The van der Waals surface area contributed by atoms with Crippen LogP contribution in [0.5, 0.6) is 0 Å². The molecule has 2 atom stereocenters. The topological polar surface area (TPSA) is 3.24 Å². The minimum Gasteiger partial charge on any atom is -0.294 e. The highest BCUT2D eigenvalue weighted by Crippen LogP contribution is 2.48. The van der Waals surface area contributed by atoms with Gasteiger partial charge >= 0.3 is 0 Å². The average molecular weight is 189 g/mol. The quantitative estimate of drug-likeness (QED) is 0.613. The minimum atomic E-state index is 0.465. The molecule has 1 nitrogen and oxygen atoms in total. The molecule has 0 aromatic carbocycles. The molecule has 0 radical (unpaired) electrons. The first kappa shape index (κ1) is 8.72. The number of allylic oxidation sites excluding steroid dienone is 3. The van der Waals surface area contributed by atoms with Crippen LogP contribution in [0.25, 0.3) is 0 Å². The van der Waals surface area contributed by atoms with Gasteiger partial charge in [0.05, 0.1) is 0 Å². The van der Waals surface area contributed by atoms with E-state index in [0.29, 0.717) is 5.54 Å². The normalized spacial score (nSPS) is 41.8. The lowest BCUT2D eigenvalue weighted by Gasteiger charge is -2.44. The van der Waals surface area contributed by atoms with Gasteiger partial charge in [-0.3, -0.25) is 4.90 Å². The Morgan fingerprint density at radius 1 is 1.36 bits per heavy atom. The zero-order chi connectivity index (χ0) is 9.60. The molecule has 0 aromatic rings. The molecule has 2 fully saturated rings. The number of hydrogen-bond donors (Lipinski definition) is 0. The van der Waals surface area contributed by atoms with Gasteiger partial charge in [-0.15, -0.1) is 0 Å². The van der Waals surface area contributed by atoms with Gasteiger partial charge in [0.15, 0.2) is 0 Å². The largest absolute Gasteiger partial charge is 0.294 e. The fraction of sp³-hybridized carbons (Fsp3) is 0.692. The van der Waals surface area contributed by atoms with Gasteiger partial charge in [-0.05, 0) is 51.1 Å². The Hall–Kier alpha value is -0.560. The number of fused-ring (bicyclic) bond motifs is 2. The molecule has 2 aliphatic heterocycles. The second-order valence-corrected chi connectivity index (χ2v) is 5.05. The lowest BCUT2D eigenvalue weighted by atomic mass is 9.81. The van der Waals surface area contributed by atoms with Gasteiger partial charge in [0.25, 0.3) is 0 Å². The maximum atomic E-state index is 2.68. The van der Waals surface area contributed by atoms with Gasteiger partial charge < -0.3 is 0 Å². The first-order chi connectivity index (χ1) is 6.83. The summed E-state index contributed by atoms with van der Waals surface area (Å²) in [5.41, 5.74) is 2.15. The van der Waals surface area contributed by atoms with Crippen LogP contribution in [0.4, 0.5) is 0 Å². The van der Waals surface area contributed by atoms with Crippen LogP contribution in [0.2, 0.25) is 0 Å². The predicted molar refractivity (Wildman–Crippen MR) is 59.2 cm³/mol. The Balaban J connectivity index is 1.94. The van der Waals surface area contributed by atoms with Crippen molar-refractivity contribution in [3.63, 3.8) is 0 Å². The highest BCUT2D eigenvalue weighted by Gasteiger charge is 2.48. The van der Waals surface area contributed by atoms with E-state index in [0.717, 1.165) is 6.04 Å². The third-order valence-corrected chi connectivity index (χ3v) is 4.61. The van der Waals surface area contributed by atoms with E-state index in [4.69, 9.17) is 0 Å². The van der Waals surface area contributed by atoms with Crippen LogP contribution in [0.3, 0.4) is 0 Å². The van der Waals surface area contributed by atoms with Crippen LogP contribution in [-0.2, 0) is 0 Å². The summed E-state index contributed by atoms with van der Waals surface area (Å²) in [6.07, 6.45) is 15.2. The summed E-state index contributed by atoms with van der Waals surface area (Å²) in [5, 5.41) is 0. The molecule has 0 saturated carbocycles. The fourth-order valence-corrected chi connectivity index (χ4v) is 3.73. The molecular formula is C13H19N. The lowest BCUT2D eigenvalue weighted by molar-refractivity contribution is 0.111. The van der Waals surface area contributed by atoms with Crippen molar-refractivity contribution in [2.24, 2.45) is 0 Å². The van der Waals surface area contributed by atoms with E-state index in [1.807, 2.05) is 0 Å². The van der Waals surface area contributed by atoms with Crippen LogP contribution in [0, 0.1) is 0 Å². The van der Waals surface area contributed by atoms with E-state index in [2.05, 4.69) is 30.2 Å². The first-order valence-electron chi connectivity index (χ1n) is 5.92. The maximum absolute atomic E-state index is 2.68. The van der Waals surface area contributed by atoms with Crippen LogP contribution in [0.15, 0.2) is 23.8 Å². The van der Waals surface area contributed by atoms with Crippen molar-refractivity contribution in [1.82, 2.24) is 4.90 Å². The second kappa shape index (κ2) is 2.96. The first-order valence-corrected chi connectivity index (χ1v) is 5.92. The van der Waals surface area contributed by atoms with Gasteiger partial charge in [0.2, 0.25) is 0 Å². The Morgan fingerprint density at radius 3 is 3.07 bits per heavy atom. The molecule has 2 heterocycles. The van der Waals surface area contributed by atoms with Crippen LogP contribution >= 0.6 is 0 Å². The Bertz CT molecular complexity index is 298. The molecular weight excluding hydrogens is 170 g/mol. The van der Waals surface area contributed by atoms with E-state index in [1.54, 1.807) is 5.57 Å². The molecule has 1 aliphatic carbocycles. The van der Waals surface area contributed by atoms with Crippen molar-refractivity contribution in [2.45, 2.75) is 50.1 Å². The van der Waals surface area contributed by atoms with Crippen LogP contribution < -0.4 is 0 Å². The van der Waals surface area contributed by atoms with Crippen molar-refractivity contribution in [2.75, 3.05) is 7.05 Å². The molecule has 76 valence electrons. The summed E-state index contributed by atoms with van der Waals surface area (Å²) in [7, 11) is 2.34. The molecule has 1 heteroatoms. The summed E-state index contributed by atoms with van der Waals surface area (Å²) < 4.78 is 0. The third-order valence-electron chi connectivity index (χ3n) is 4.61. The van der Waals surface area contributed by atoms with E-state index < -0.39 is 0 Å². The van der Waals surface area contributed by atoms with Gasteiger partial charge in [0, 0.05) is 11.6 Å². The molecule has 0 amide bonds. The molecule has 0 unspecified atom stereocenters. The van der Waals surface area contributed by atoms with Crippen LogP contribution in [0.1, 0.15) is 38.5 Å². The number of nitrogens with zero attached hydrogens (tertiary/aromatic N) is 1. The SMILES string of the molecule is CN1[C@@H]2CCC[C@@]1(C1=CC=CC1)CC2. The van der Waals surface area contributed by atoms with Crippen molar-refractivity contribution in [1.29, 1.82) is 0 Å². The zero-order valence-electron chi connectivity index (χ0n) is 9.00.